The van der Waals surface area contributed by atoms with Crippen LogP contribution >= 0.6 is 0 Å². The second-order valence-corrected chi connectivity index (χ2v) is 5.28. The normalized spacial score (nSPS) is 15.5. The van der Waals surface area contributed by atoms with Crippen molar-refractivity contribution in [3.63, 3.8) is 0 Å². The summed E-state index contributed by atoms with van der Waals surface area (Å²) in [4.78, 5) is 33.1. The van der Waals surface area contributed by atoms with Crippen molar-refractivity contribution < 1.29 is 34.4 Å². The van der Waals surface area contributed by atoms with Gasteiger partial charge in [0.05, 0.1) is 18.3 Å². The van der Waals surface area contributed by atoms with E-state index in [0.717, 1.165) is 18.2 Å². The van der Waals surface area contributed by atoms with Crippen molar-refractivity contribution in [1.29, 1.82) is 0 Å². The van der Waals surface area contributed by atoms with Crippen LogP contribution in [0.3, 0.4) is 0 Å². The lowest BCUT2D eigenvalue weighted by Crippen LogP contribution is -2.15. The first-order valence-electron chi connectivity index (χ1n) is 7.39. The summed E-state index contributed by atoms with van der Waals surface area (Å²) >= 11 is 0. The van der Waals surface area contributed by atoms with Gasteiger partial charge in [-0.25, -0.2) is 9.59 Å². The van der Waals surface area contributed by atoms with E-state index in [9.17, 15) is 19.5 Å². The lowest BCUT2D eigenvalue weighted by molar-refractivity contribution is -0.143. The second kappa shape index (κ2) is 11.6. The maximum atomic E-state index is 11.5. The molecule has 0 aromatic rings. The van der Waals surface area contributed by atoms with Crippen molar-refractivity contribution in [3.8, 4) is 0 Å². The lowest BCUT2D eigenvalue weighted by Gasteiger charge is -2.11. The Bertz CT molecular complexity index is 451. The zero-order valence-corrected chi connectivity index (χ0v) is 13.3. The van der Waals surface area contributed by atoms with Crippen molar-refractivity contribution in [2.45, 2.75) is 57.8 Å². The molecule has 23 heavy (non-hydrogen) atoms. The van der Waals surface area contributed by atoms with Gasteiger partial charge in [-0.1, -0.05) is 0 Å². The molecule has 0 aliphatic rings. The number of hydrogen-bond donors (Lipinski definition) is 3. The van der Waals surface area contributed by atoms with Gasteiger partial charge in [0.1, 0.15) is 0 Å². The third-order valence-corrected chi connectivity index (χ3v) is 2.86. The molecule has 7 heteroatoms. The molecule has 3 N–H and O–H groups in total. The Labute approximate surface area is 135 Å². The molecule has 0 spiro atoms. The molecule has 0 saturated carbocycles. The topological polar surface area (TPSA) is 121 Å². The number of allylic oxidation sites excluding steroid dienone is 1. The highest BCUT2D eigenvalue weighted by atomic mass is 16.5. The first-order valence-corrected chi connectivity index (χ1v) is 7.39. The summed E-state index contributed by atoms with van der Waals surface area (Å²) in [6, 6.07) is 0. The van der Waals surface area contributed by atoms with E-state index >= 15 is 0 Å². The number of carboxylic acids is 1. The summed E-state index contributed by atoms with van der Waals surface area (Å²) in [5.41, 5.74) is 0. The number of carbonyl (C=O) groups excluding carboxylic acids is 2. The van der Waals surface area contributed by atoms with Gasteiger partial charge in [-0.3, -0.25) is 4.79 Å². The second-order valence-electron chi connectivity index (χ2n) is 5.28. The number of esters is 1. The molecule has 0 rings (SSSR count). The average Bonchev–Trinajstić information content (AvgIpc) is 2.46. The molecule has 0 radical (unpaired) electrons. The predicted octanol–water partition coefficient (Wildman–Crippen LogP) is 0.986. The molecule has 0 saturated heterocycles. The fourth-order valence-electron chi connectivity index (χ4n) is 1.59. The largest absolute Gasteiger partial charge is 0.478 e. The molecular formula is C16H24O7. The van der Waals surface area contributed by atoms with Crippen molar-refractivity contribution in [2.75, 3.05) is 0 Å². The molecule has 0 aromatic heterocycles. The van der Waals surface area contributed by atoms with Crippen LogP contribution in [0.15, 0.2) is 24.3 Å². The standard InChI is InChI=1S/C16H24O7/c1-11(17)3-5-13(18)8-10-16(22)23-12(2)4-6-14(19)7-9-15(20)21/h7-13,17-18H,3-6H2,1-2H3,(H,20,21). The number of ether oxygens (including phenoxy) is 1. The number of rotatable bonds is 11. The number of ketones is 1. The average molecular weight is 328 g/mol. The van der Waals surface area contributed by atoms with E-state index in [2.05, 4.69) is 0 Å². The fraction of sp³-hybridized carbons (Fsp3) is 0.562. The Morgan fingerprint density at radius 3 is 2.22 bits per heavy atom. The number of aliphatic hydroxyl groups excluding tert-OH is 2. The maximum absolute atomic E-state index is 11.5. The summed E-state index contributed by atoms with van der Waals surface area (Å²) in [6.07, 6.45) is 3.35. The van der Waals surface area contributed by atoms with Crippen LogP contribution in [-0.2, 0) is 19.1 Å². The quantitative estimate of drug-likeness (QED) is 0.382. The van der Waals surface area contributed by atoms with E-state index in [4.69, 9.17) is 14.9 Å². The number of aliphatic hydroxyl groups is 2. The summed E-state index contributed by atoms with van der Waals surface area (Å²) in [5, 5.41) is 27.0. The Balaban J connectivity index is 4.05. The highest BCUT2D eigenvalue weighted by Gasteiger charge is 2.10. The van der Waals surface area contributed by atoms with Crippen molar-refractivity contribution >= 4 is 17.7 Å². The minimum absolute atomic E-state index is 0.0684. The molecule has 0 bridgehead atoms. The number of carboxylic acid groups (broad SMARTS) is 1. The molecule has 0 heterocycles. The van der Waals surface area contributed by atoms with Gasteiger partial charge in [0.25, 0.3) is 0 Å². The van der Waals surface area contributed by atoms with Gasteiger partial charge in [0.15, 0.2) is 5.78 Å². The molecule has 0 aliphatic carbocycles. The third kappa shape index (κ3) is 13.4. The minimum atomic E-state index is -1.20. The van der Waals surface area contributed by atoms with E-state index in [1.54, 1.807) is 13.8 Å². The van der Waals surface area contributed by atoms with E-state index in [1.807, 2.05) is 0 Å². The molecule has 0 aromatic carbocycles. The van der Waals surface area contributed by atoms with Gasteiger partial charge in [0.2, 0.25) is 0 Å². The molecule has 3 unspecified atom stereocenters. The van der Waals surface area contributed by atoms with Crippen LogP contribution in [0.2, 0.25) is 0 Å². The zero-order valence-electron chi connectivity index (χ0n) is 13.3. The number of aliphatic carboxylic acids is 1. The first kappa shape index (κ1) is 21.0. The van der Waals surface area contributed by atoms with Crippen LogP contribution in [0, 0.1) is 0 Å². The monoisotopic (exact) mass is 328 g/mol. The summed E-state index contributed by atoms with van der Waals surface area (Å²) in [7, 11) is 0. The first-order chi connectivity index (χ1) is 10.7. The molecule has 7 nitrogen and oxygen atoms in total. The van der Waals surface area contributed by atoms with Crippen LogP contribution in [0.25, 0.3) is 0 Å². The van der Waals surface area contributed by atoms with Crippen molar-refractivity contribution in [1.82, 2.24) is 0 Å². The van der Waals surface area contributed by atoms with Gasteiger partial charge in [-0.15, -0.1) is 0 Å². The van der Waals surface area contributed by atoms with Crippen molar-refractivity contribution in [2.24, 2.45) is 0 Å². The molecule has 0 fully saturated rings. The van der Waals surface area contributed by atoms with Crippen LogP contribution in [0.5, 0.6) is 0 Å². The van der Waals surface area contributed by atoms with Crippen molar-refractivity contribution in [3.05, 3.63) is 24.3 Å². The van der Waals surface area contributed by atoms with Gasteiger partial charge in [-0.05, 0) is 45.3 Å². The van der Waals surface area contributed by atoms with E-state index < -0.39 is 30.3 Å². The van der Waals surface area contributed by atoms with Gasteiger partial charge >= 0.3 is 11.9 Å². The predicted molar refractivity (Wildman–Crippen MR) is 82.6 cm³/mol. The molecular weight excluding hydrogens is 304 g/mol. The minimum Gasteiger partial charge on any atom is -0.478 e. The molecule has 0 aliphatic heterocycles. The number of carbonyl (C=O) groups is 3. The Kier molecular flexibility index (Phi) is 10.6. The molecule has 130 valence electrons. The third-order valence-electron chi connectivity index (χ3n) is 2.86. The molecule has 3 atom stereocenters. The summed E-state index contributed by atoms with van der Waals surface area (Å²) in [6.45, 7) is 3.23. The molecule has 0 amide bonds. The van der Waals surface area contributed by atoms with Crippen LogP contribution in [0.1, 0.15) is 39.5 Å². The van der Waals surface area contributed by atoms with E-state index in [-0.39, 0.29) is 18.6 Å². The summed E-state index contributed by atoms with van der Waals surface area (Å²) in [5.74, 6) is -2.20. The maximum Gasteiger partial charge on any atom is 0.330 e. The highest BCUT2D eigenvalue weighted by Crippen LogP contribution is 2.06. The Hall–Kier alpha value is -1.99. The zero-order chi connectivity index (χ0) is 17.8. The van der Waals surface area contributed by atoms with Gasteiger partial charge in [-0.2, -0.15) is 0 Å². The van der Waals surface area contributed by atoms with Crippen LogP contribution in [-0.4, -0.2) is 51.4 Å². The number of hydrogen-bond acceptors (Lipinski definition) is 6. The Morgan fingerprint density at radius 1 is 1.00 bits per heavy atom. The SMILES string of the molecule is CC(O)CCC(O)C=CC(=O)OC(C)CCC(=O)C=CC(=O)O. The van der Waals surface area contributed by atoms with E-state index in [1.165, 1.54) is 6.08 Å². The smallest absolute Gasteiger partial charge is 0.330 e. The fourth-order valence-corrected chi connectivity index (χ4v) is 1.59. The van der Waals surface area contributed by atoms with Gasteiger partial charge in [0, 0.05) is 18.6 Å². The van der Waals surface area contributed by atoms with E-state index in [0.29, 0.717) is 12.8 Å². The highest BCUT2D eigenvalue weighted by molar-refractivity contribution is 5.95. The van der Waals surface area contributed by atoms with Crippen LogP contribution < -0.4 is 0 Å². The summed E-state index contributed by atoms with van der Waals surface area (Å²) < 4.78 is 5.02. The van der Waals surface area contributed by atoms with Crippen LogP contribution in [0.4, 0.5) is 0 Å². The van der Waals surface area contributed by atoms with Gasteiger partial charge < -0.3 is 20.1 Å². The Morgan fingerprint density at radius 2 is 1.65 bits per heavy atom. The lowest BCUT2D eigenvalue weighted by atomic mass is 10.1.